The Morgan fingerprint density at radius 3 is 2.33 bits per heavy atom. The zero-order chi connectivity index (χ0) is 11.0. The van der Waals surface area contributed by atoms with Crippen molar-refractivity contribution in [3.63, 3.8) is 0 Å². The van der Waals surface area contributed by atoms with E-state index in [1.807, 2.05) is 6.20 Å². The van der Waals surface area contributed by atoms with E-state index in [1.54, 1.807) is 0 Å². The van der Waals surface area contributed by atoms with Gasteiger partial charge in [-0.2, -0.15) is 5.10 Å². The fourth-order valence-corrected chi connectivity index (χ4v) is 1.92. The molecule has 0 aliphatic carbocycles. The Hall–Kier alpha value is -1.38. The highest BCUT2D eigenvalue weighted by Crippen LogP contribution is 2.30. The number of aromatic amines is 1. The van der Waals surface area contributed by atoms with Crippen LogP contribution in [0.25, 0.3) is 11.0 Å². The standard InChI is InChI=1S/C12H17N3/c1-7(2)9-5-13-12-11(9)10(8(3)4)6-14-15-12/h5-8H,1-4H3,(H,13,15). The number of nitrogens with one attached hydrogen (secondary N) is 1. The van der Waals surface area contributed by atoms with Crippen LogP contribution in [0.4, 0.5) is 0 Å². The quantitative estimate of drug-likeness (QED) is 0.814. The topological polar surface area (TPSA) is 41.6 Å². The van der Waals surface area contributed by atoms with Gasteiger partial charge in [-0.3, -0.25) is 0 Å². The van der Waals surface area contributed by atoms with Gasteiger partial charge in [-0.1, -0.05) is 27.7 Å². The van der Waals surface area contributed by atoms with Crippen LogP contribution >= 0.6 is 0 Å². The minimum absolute atomic E-state index is 0.483. The van der Waals surface area contributed by atoms with Gasteiger partial charge in [0.25, 0.3) is 0 Å². The Morgan fingerprint density at radius 2 is 1.73 bits per heavy atom. The zero-order valence-corrected chi connectivity index (χ0v) is 9.70. The van der Waals surface area contributed by atoms with Gasteiger partial charge in [0.05, 0.1) is 6.20 Å². The van der Waals surface area contributed by atoms with Crippen molar-refractivity contribution < 1.29 is 0 Å². The first kappa shape index (κ1) is 10.1. The van der Waals surface area contributed by atoms with E-state index in [0.29, 0.717) is 11.8 Å². The third-order valence-corrected chi connectivity index (χ3v) is 2.78. The normalized spacial score (nSPS) is 11.9. The SMILES string of the molecule is CC(C)c1cnnc2[nH]cc(C(C)C)c12. The average molecular weight is 203 g/mol. The molecule has 0 amide bonds. The average Bonchev–Trinajstić information content (AvgIpc) is 2.60. The van der Waals surface area contributed by atoms with E-state index >= 15 is 0 Å². The first-order valence-corrected chi connectivity index (χ1v) is 5.43. The molecular weight excluding hydrogens is 186 g/mol. The van der Waals surface area contributed by atoms with Crippen LogP contribution in [0.2, 0.25) is 0 Å². The van der Waals surface area contributed by atoms with Crippen LogP contribution in [-0.2, 0) is 0 Å². The molecule has 0 atom stereocenters. The molecule has 1 N–H and O–H groups in total. The monoisotopic (exact) mass is 203 g/mol. The van der Waals surface area contributed by atoms with Crippen molar-refractivity contribution >= 4 is 11.0 Å². The van der Waals surface area contributed by atoms with Gasteiger partial charge in [0.2, 0.25) is 0 Å². The Bertz CT molecular complexity index is 469. The summed E-state index contributed by atoms with van der Waals surface area (Å²) < 4.78 is 0. The summed E-state index contributed by atoms with van der Waals surface area (Å²) in [6.45, 7) is 8.78. The predicted molar refractivity (Wildman–Crippen MR) is 62.1 cm³/mol. The summed E-state index contributed by atoms with van der Waals surface area (Å²) >= 11 is 0. The molecule has 0 bridgehead atoms. The molecule has 0 spiro atoms. The molecule has 2 rings (SSSR count). The lowest BCUT2D eigenvalue weighted by Gasteiger charge is -2.09. The number of hydrogen-bond acceptors (Lipinski definition) is 2. The van der Waals surface area contributed by atoms with Gasteiger partial charge in [0.15, 0.2) is 5.65 Å². The summed E-state index contributed by atoms with van der Waals surface area (Å²) in [5.74, 6) is 0.997. The van der Waals surface area contributed by atoms with Gasteiger partial charge in [-0.15, -0.1) is 5.10 Å². The molecule has 2 heterocycles. The molecule has 0 aliphatic rings. The van der Waals surface area contributed by atoms with E-state index in [2.05, 4.69) is 49.1 Å². The van der Waals surface area contributed by atoms with Crippen LogP contribution in [-0.4, -0.2) is 15.2 Å². The van der Waals surface area contributed by atoms with Gasteiger partial charge < -0.3 is 4.98 Å². The molecule has 3 heteroatoms. The maximum absolute atomic E-state index is 4.12. The van der Waals surface area contributed by atoms with E-state index in [1.165, 1.54) is 16.5 Å². The van der Waals surface area contributed by atoms with Crippen molar-refractivity contribution in [3.8, 4) is 0 Å². The second-order valence-corrected chi connectivity index (χ2v) is 4.58. The van der Waals surface area contributed by atoms with Crippen molar-refractivity contribution in [2.45, 2.75) is 39.5 Å². The molecule has 0 saturated heterocycles. The summed E-state index contributed by atoms with van der Waals surface area (Å²) in [5.41, 5.74) is 3.53. The summed E-state index contributed by atoms with van der Waals surface area (Å²) in [7, 11) is 0. The van der Waals surface area contributed by atoms with E-state index in [0.717, 1.165) is 5.65 Å². The molecule has 0 aromatic carbocycles. The smallest absolute Gasteiger partial charge is 0.160 e. The maximum Gasteiger partial charge on any atom is 0.160 e. The minimum Gasteiger partial charge on any atom is -0.344 e. The maximum atomic E-state index is 4.12. The molecule has 3 nitrogen and oxygen atoms in total. The molecule has 80 valence electrons. The Labute approximate surface area is 89.9 Å². The second kappa shape index (κ2) is 3.65. The van der Waals surface area contributed by atoms with Crippen LogP contribution in [0.15, 0.2) is 12.4 Å². The summed E-state index contributed by atoms with van der Waals surface area (Å²) in [4.78, 5) is 3.19. The van der Waals surface area contributed by atoms with Gasteiger partial charge in [-0.05, 0) is 23.0 Å². The highest BCUT2D eigenvalue weighted by atomic mass is 15.1. The fraction of sp³-hybridized carbons (Fsp3) is 0.500. The second-order valence-electron chi connectivity index (χ2n) is 4.58. The summed E-state index contributed by atoms with van der Waals surface area (Å²) in [5, 5.41) is 9.41. The van der Waals surface area contributed by atoms with Crippen molar-refractivity contribution in [1.29, 1.82) is 0 Å². The number of hydrogen-bond donors (Lipinski definition) is 1. The lowest BCUT2D eigenvalue weighted by atomic mass is 9.96. The van der Waals surface area contributed by atoms with Crippen LogP contribution < -0.4 is 0 Å². The van der Waals surface area contributed by atoms with Crippen molar-refractivity contribution in [2.75, 3.05) is 0 Å². The van der Waals surface area contributed by atoms with Crippen LogP contribution in [0.1, 0.15) is 50.7 Å². The lowest BCUT2D eigenvalue weighted by Crippen LogP contribution is -1.95. The summed E-state index contributed by atoms with van der Waals surface area (Å²) in [6.07, 6.45) is 3.93. The van der Waals surface area contributed by atoms with E-state index in [4.69, 9.17) is 0 Å². The third kappa shape index (κ3) is 1.62. The zero-order valence-electron chi connectivity index (χ0n) is 9.70. The molecule has 0 saturated carbocycles. The number of aromatic nitrogens is 3. The molecule has 0 fully saturated rings. The first-order chi connectivity index (χ1) is 7.11. The van der Waals surface area contributed by atoms with Crippen molar-refractivity contribution in [3.05, 3.63) is 23.5 Å². The number of nitrogens with zero attached hydrogens (tertiary/aromatic N) is 2. The Kier molecular flexibility index (Phi) is 2.47. The van der Waals surface area contributed by atoms with Crippen molar-refractivity contribution in [1.82, 2.24) is 15.2 Å². The number of H-pyrrole nitrogens is 1. The highest BCUT2D eigenvalue weighted by molar-refractivity contribution is 5.83. The lowest BCUT2D eigenvalue weighted by molar-refractivity contribution is 0.844. The van der Waals surface area contributed by atoms with E-state index < -0.39 is 0 Å². The van der Waals surface area contributed by atoms with E-state index in [-0.39, 0.29) is 0 Å². The van der Waals surface area contributed by atoms with Gasteiger partial charge in [-0.25, -0.2) is 0 Å². The first-order valence-electron chi connectivity index (χ1n) is 5.43. The molecule has 0 radical (unpaired) electrons. The van der Waals surface area contributed by atoms with E-state index in [9.17, 15) is 0 Å². The Morgan fingerprint density at radius 1 is 1.07 bits per heavy atom. The van der Waals surface area contributed by atoms with Gasteiger partial charge >= 0.3 is 0 Å². The molecule has 0 unspecified atom stereocenters. The molecular formula is C12H17N3. The van der Waals surface area contributed by atoms with Gasteiger partial charge in [0.1, 0.15) is 0 Å². The van der Waals surface area contributed by atoms with Gasteiger partial charge in [0, 0.05) is 11.6 Å². The summed E-state index contributed by atoms with van der Waals surface area (Å²) in [6, 6.07) is 0. The minimum atomic E-state index is 0.483. The molecule has 2 aromatic rings. The largest absolute Gasteiger partial charge is 0.344 e. The molecule has 15 heavy (non-hydrogen) atoms. The van der Waals surface area contributed by atoms with Crippen LogP contribution in [0.5, 0.6) is 0 Å². The van der Waals surface area contributed by atoms with Crippen molar-refractivity contribution in [2.24, 2.45) is 0 Å². The highest BCUT2D eigenvalue weighted by Gasteiger charge is 2.14. The Balaban J connectivity index is 2.75. The molecule has 2 aromatic heterocycles. The van der Waals surface area contributed by atoms with Crippen LogP contribution in [0, 0.1) is 0 Å². The fourth-order valence-electron chi connectivity index (χ4n) is 1.92. The number of rotatable bonds is 2. The number of fused-ring (bicyclic) bond motifs is 1. The third-order valence-electron chi connectivity index (χ3n) is 2.78. The van der Waals surface area contributed by atoms with Crippen LogP contribution in [0.3, 0.4) is 0 Å². The predicted octanol–water partition coefficient (Wildman–Crippen LogP) is 3.20. The molecule has 0 aliphatic heterocycles.